The smallest absolute Gasteiger partial charge is 0.253 e. The molecule has 1 heterocycles. The van der Waals surface area contributed by atoms with Crippen LogP contribution in [0.5, 0.6) is 0 Å². The Morgan fingerprint density at radius 1 is 1.24 bits per heavy atom. The molecular weight excluding hydrogens is 324 g/mol. The van der Waals surface area contributed by atoms with Crippen LogP contribution >= 0.6 is 0 Å². The van der Waals surface area contributed by atoms with Crippen LogP contribution < -0.4 is 0 Å². The molecule has 0 saturated carbocycles. The number of likely N-dealkylation sites (tertiary alicyclic amines) is 1. The maximum Gasteiger partial charge on any atom is 0.253 e. The van der Waals surface area contributed by atoms with Gasteiger partial charge < -0.3 is 9.64 Å². The van der Waals surface area contributed by atoms with Crippen molar-refractivity contribution in [2.24, 2.45) is 0 Å². The molecule has 0 radical (unpaired) electrons. The van der Waals surface area contributed by atoms with E-state index >= 15 is 0 Å². The molecule has 3 rings (SSSR count). The topological polar surface area (TPSA) is 29.5 Å². The van der Waals surface area contributed by atoms with Crippen LogP contribution in [0.1, 0.15) is 34.3 Å². The molecular formula is C20H21F2NO2. The lowest BCUT2D eigenvalue weighted by atomic mass is 10.1. The van der Waals surface area contributed by atoms with E-state index < -0.39 is 11.6 Å². The van der Waals surface area contributed by atoms with Crippen LogP contribution in [0.2, 0.25) is 0 Å². The summed E-state index contributed by atoms with van der Waals surface area (Å²) >= 11 is 0. The van der Waals surface area contributed by atoms with Gasteiger partial charge in [-0.05, 0) is 50.1 Å². The number of rotatable bonds is 4. The van der Waals surface area contributed by atoms with Gasteiger partial charge in [0, 0.05) is 24.2 Å². The Balaban J connectivity index is 1.61. The molecule has 5 heteroatoms. The molecule has 1 saturated heterocycles. The van der Waals surface area contributed by atoms with Gasteiger partial charge in [0.2, 0.25) is 0 Å². The summed E-state index contributed by atoms with van der Waals surface area (Å²) in [6, 6.07) is 10.8. The van der Waals surface area contributed by atoms with Crippen LogP contribution in [-0.4, -0.2) is 30.0 Å². The van der Waals surface area contributed by atoms with E-state index in [1.54, 1.807) is 4.90 Å². The largest absolute Gasteiger partial charge is 0.372 e. The van der Waals surface area contributed by atoms with Gasteiger partial charge in [-0.3, -0.25) is 4.79 Å². The Morgan fingerprint density at radius 3 is 2.88 bits per heavy atom. The third kappa shape index (κ3) is 4.42. The molecule has 3 nitrogen and oxygen atoms in total. The Bertz CT molecular complexity index is 763. The molecule has 132 valence electrons. The first-order valence-electron chi connectivity index (χ1n) is 8.44. The van der Waals surface area contributed by atoms with Gasteiger partial charge in [-0.25, -0.2) is 8.78 Å². The highest BCUT2D eigenvalue weighted by atomic mass is 19.1. The van der Waals surface area contributed by atoms with Gasteiger partial charge >= 0.3 is 0 Å². The number of aryl methyl sites for hydroxylation is 1. The summed E-state index contributed by atoms with van der Waals surface area (Å²) in [6.07, 6.45) is 1.45. The van der Waals surface area contributed by atoms with Crippen molar-refractivity contribution in [3.63, 3.8) is 0 Å². The summed E-state index contributed by atoms with van der Waals surface area (Å²) in [4.78, 5) is 14.4. The minimum absolute atomic E-state index is 0.000730. The van der Waals surface area contributed by atoms with E-state index in [1.807, 2.05) is 31.2 Å². The van der Waals surface area contributed by atoms with Crippen molar-refractivity contribution >= 4 is 5.91 Å². The molecule has 0 N–H and O–H groups in total. The highest BCUT2D eigenvalue weighted by molar-refractivity contribution is 5.94. The van der Waals surface area contributed by atoms with Gasteiger partial charge in [0.05, 0.1) is 12.7 Å². The van der Waals surface area contributed by atoms with Crippen molar-refractivity contribution in [3.05, 3.63) is 70.8 Å². The number of carbonyl (C=O) groups excluding carboxylic acids is 1. The Labute approximate surface area is 146 Å². The van der Waals surface area contributed by atoms with Gasteiger partial charge in [-0.15, -0.1) is 0 Å². The quantitative estimate of drug-likeness (QED) is 0.835. The van der Waals surface area contributed by atoms with Crippen molar-refractivity contribution in [2.75, 3.05) is 13.1 Å². The van der Waals surface area contributed by atoms with Gasteiger partial charge in [0.15, 0.2) is 0 Å². The zero-order valence-corrected chi connectivity index (χ0v) is 14.2. The second-order valence-corrected chi connectivity index (χ2v) is 6.43. The summed E-state index contributed by atoms with van der Waals surface area (Å²) in [6.45, 7) is 3.10. The molecule has 0 bridgehead atoms. The zero-order valence-electron chi connectivity index (χ0n) is 14.2. The van der Waals surface area contributed by atoms with Gasteiger partial charge in [0.25, 0.3) is 5.91 Å². The second kappa shape index (κ2) is 7.74. The van der Waals surface area contributed by atoms with E-state index in [-0.39, 0.29) is 24.2 Å². The summed E-state index contributed by atoms with van der Waals surface area (Å²) in [7, 11) is 0. The number of amides is 1. The number of carbonyl (C=O) groups is 1. The monoisotopic (exact) mass is 345 g/mol. The number of hydrogen-bond acceptors (Lipinski definition) is 2. The Morgan fingerprint density at radius 2 is 2.08 bits per heavy atom. The molecule has 2 aromatic carbocycles. The normalized spacial score (nSPS) is 17.6. The summed E-state index contributed by atoms with van der Waals surface area (Å²) in [5.74, 6) is -0.987. The number of piperidine rings is 1. The fraction of sp³-hybridized carbons (Fsp3) is 0.350. The lowest BCUT2D eigenvalue weighted by molar-refractivity contribution is -0.00769. The van der Waals surface area contributed by atoms with Gasteiger partial charge in [-0.1, -0.05) is 17.7 Å². The van der Waals surface area contributed by atoms with Crippen LogP contribution in [0.25, 0.3) is 0 Å². The highest BCUT2D eigenvalue weighted by Gasteiger charge is 2.25. The van der Waals surface area contributed by atoms with Crippen molar-refractivity contribution < 1.29 is 18.3 Å². The van der Waals surface area contributed by atoms with Crippen molar-refractivity contribution in [1.82, 2.24) is 4.90 Å². The number of ether oxygens (including phenoxy) is 1. The standard InChI is InChI=1S/C20H21F2NO2/c1-14-4-2-5-15(10-14)20(24)23-9-3-6-18(12-23)25-13-16-11-17(21)7-8-19(16)22/h2,4-5,7-8,10-11,18H,3,6,9,12-13H2,1H3. The van der Waals surface area contributed by atoms with E-state index in [4.69, 9.17) is 4.74 Å². The molecule has 1 unspecified atom stereocenters. The molecule has 0 aromatic heterocycles. The fourth-order valence-electron chi connectivity index (χ4n) is 3.08. The minimum Gasteiger partial charge on any atom is -0.372 e. The fourth-order valence-corrected chi connectivity index (χ4v) is 3.08. The average Bonchev–Trinajstić information content (AvgIpc) is 2.62. The minimum atomic E-state index is -0.486. The Kier molecular flexibility index (Phi) is 5.43. The van der Waals surface area contributed by atoms with E-state index in [2.05, 4.69) is 0 Å². The van der Waals surface area contributed by atoms with Gasteiger partial charge in [-0.2, -0.15) is 0 Å². The highest BCUT2D eigenvalue weighted by Crippen LogP contribution is 2.19. The molecule has 2 aromatic rings. The predicted molar refractivity (Wildman–Crippen MR) is 91.3 cm³/mol. The summed E-state index contributed by atoms with van der Waals surface area (Å²) in [5, 5.41) is 0. The van der Waals surface area contributed by atoms with Gasteiger partial charge in [0.1, 0.15) is 11.6 Å². The molecule has 0 aliphatic carbocycles. The van der Waals surface area contributed by atoms with Crippen LogP contribution in [-0.2, 0) is 11.3 Å². The third-order valence-electron chi connectivity index (χ3n) is 4.41. The zero-order chi connectivity index (χ0) is 17.8. The molecule has 1 fully saturated rings. The Hall–Kier alpha value is -2.27. The van der Waals surface area contributed by atoms with E-state index in [0.29, 0.717) is 18.7 Å². The number of halogens is 2. The van der Waals surface area contributed by atoms with Crippen LogP contribution in [0.4, 0.5) is 8.78 Å². The first kappa shape index (κ1) is 17.5. The lowest BCUT2D eigenvalue weighted by Crippen LogP contribution is -2.43. The summed E-state index contributed by atoms with van der Waals surface area (Å²) in [5.41, 5.74) is 1.90. The van der Waals surface area contributed by atoms with Crippen molar-refractivity contribution in [1.29, 1.82) is 0 Å². The molecule has 0 spiro atoms. The van der Waals surface area contributed by atoms with E-state index in [9.17, 15) is 13.6 Å². The molecule has 1 amide bonds. The number of hydrogen-bond donors (Lipinski definition) is 0. The molecule has 1 aliphatic heterocycles. The third-order valence-corrected chi connectivity index (χ3v) is 4.41. The van der Waals surface area contributed by atoms with E-state index in [1.165, 1.54) is 0 Å². The molecule has 1 aliphatic rings. The lowest BCUT2D eigenvalue weighted by Gasteiger charge is -2.33. The van der Waals surface area contributed by atoms with Crippen LogP contribution in [0.3, 0.4) is 0 Å². The first-order valence-corrected chi connectivity index (χ1v) is 8.44. The van der Waals surface area contributed by atoms with Crippen LogP contribution in [0, 0.1) is 18.6 Å². The maximum atomic E-state index is 13.7. The molecule has 25 heavy (non-hydrogen) atoms. The number of nitrogens with zero attached hydrogens (tertiary/aromatic N) is 1. The summed E-state index contributed by atoms with van der Waals surface area (Å²) < 4.78 is 32.6. The first-order chi connectivity index (χ1) is 12.0. The van der Waals surface area contributed by atoms with Crippen molar-refractivity contribution in [2.45, 2.75) is 32.5 Å². The number of benzene rings is 2. The van der Waals surface area contributed by atoms with Crippen molar-refractivity contribution in [3.8, 4) is 0 Å². The maximum absolute atomic E-state index is 13.7. The predicted octanol–water partition coefficient (Wildman–Crippen LogP) is 4.09. The van der Waals surface area contributed by atoms with Crippen LogP contribution in [0.15, 0.2) is 42.5 Å². The van der Waals surface area contributed by atoms with E-state index in [0.717, 1.165) is 36.6 Å². The second-order valence-electron chi connectivity index (χ2n) is 6.43. The molecule has 1 atom stereocenters. The SMILES string of the molecule is Cc1cccc(C(=O)N2CCCC(OCc3cc(F)ccc3F)C2)c1. The average molecular weight is 345 g/mol.